The van der Waals surface area contributed by atoms with Gasteiger partial charge in [0, 0.05) is 0 Å². The van der Waals surface area contributed by atoms with Crippen LogP contribution in [0.25, 0.3) is 0 Å². The maximum absolute atomic E-state index is 12.1. The van der Waals surface area contributed by atoms with Crippen molar-refractivity contribution in [2.75, 3.05) is 6.61 Å². The third kappa shape index (κ3) is 16.0. The number of hydrogen-bond donors (Lipinski definition) is 1. The Bertz CT molecular complexity index is 463. The lowest BCUT2D eigenvalue weighted by atomic mass is 9.98. The van der Waals surface area contributed by atoms with Crippen molar-refractivity contribution in [2.45, 2.75) is 110 Å². The van der Waals surface area contributed by atoms with Crippen molar-refractivity contribution in [1.29, 1.82) is 0 Å². The highest BCUT2D eigenvalue weighted by Crippen LogP contribution is 2.17. The van der Waals surface area contributed by atoms with Crippen LogP contribution in [0.4, 0.5) is 0 Å². The van der Waals surface area contributed by atoms with E-state index in [1.807, 2.05) is 6.92 Å². The third-order valence-corrected chi connectivity index (χ3v) is 5.30. The highest BCUT2D eigenvalue weighted by Gasteiger charge is 2.26. The molecule has 6 nitrogen and oxygen atoms in total. The standard InChI is InChI=1S/C20H40O6S/c1-4-7-9-10-11-12-13-14-15-18(6-3)17-25-20(21)19(16-8-5-2)26-27(22,23)24/h18-19H,4-17H2,1-3H3,(H,22,23,24). The Morgan fingerprint density at radius 1 is 0.852 bits per heavy atom. The van der Waals surface area contributed by atoms with E-state index in [4.69, 9.17) is 9.29 Å². The lowest BCUT2D eigenvalue weighted by Gasteiger charge is -2.18. The van der Waals surface area contributed by atoms with Crippen LogP contribution in [0, 0.1) is 5.92 Å². The molecule has 0 bridgehead atoms. The number of unbranched alkanes of at least 4 members (excludes halogenated alkanes) is 8. The molecule has 0 fully saturated rings. The van der Waals surface area contributed by atoms with Gasteiger partial charge in [-0.05, 0) is 18.8 Å². The Morgan fingerprint density at radius 3 is 1.93 bits per heavy atom. The Labute approximate surface area is 166 Å². The molecule has 0 aromatic carbocycles. The third-order valence-electron chi connectivity index (χ3n) is 4.83. The molecule has 0 radical (unpaired) electrons. The average molecular weight is 409 g/mol. The summed E-state index contributed by atoms with van der Waals surface area (Å²) in [6.45, 7) is 6.47. The van der Waals surface area contributed by atoms with Crippen LogP contribution in [0.3, 0.4) is 0 Å². The van der Waals surface area contributed by atoms with Crippen molar-refractivity contribution in [3.05, 3.63) is 0 Å². The maximum Gasteiger partial charge on any atom is 0.398 e. The van der Waals surface area contributed by atoms with Gasteiger partial charge in [-0.1, -0.05) is 91.4 Å². The number of rotatable bonds is 18. The average Bonchev–Trinajstić information content (AvgIpc) is 2.62. The van der Waals surface area contributed by atoms with Crippen molar-refractivity contribution in [2.24, 2.45) is 5.92 Å². The van der Waals surface area contributed by atoms with Gasteiger partial charge in [0.25, 0.3) is 0 Å². The van der Waals surface area contributed by atoms with Gasteiger partial charge in [-0.25, -0.2) is 8.98 Å². The molecule has 0 spiro atoms. The van der Waals surface area contributed by atoms with Crippen molar-refractivity contribution in [1.82, 2.24) is 0 Å². The Hall–Kier alpha value is -0.660. The summed E-state index contributed by atoms with van der Waals surface area (Å²) in [4.78, 5) is 12.1. The van der Waals surface area contributed by atoms with Crippen LogP contribution in [-0.2, 0) is 24.1 Å². The van der Waals surface area contributed by atoms with E-state index in [9.17, 15) is 13.2 Å². The largest absolute Gasteiger partial charge is 0.463 e. The summed E-state index contributed by atoms with van der Waals surface area (Å²) in [5, 5.41) is 0. The molecule has 0 saturated carbocycles. The van der Waals surface area contributed by atoms with E-state index in [-0.39, 0.29) is 18.9 Å². The van der Waals surface area contributed by atoms with E-state index in [0.29, 0.717) is 6.42 Å². The molecule has 0 aromatic heterocycles. The molecule has 0 heterocycles. The second-order valence-corrected chi connectivity index (χ2v) is 8.37. The summed E-state index contributed by atoms with van der Waals surface area (Å²) in [6.07, 6.45) is 12.3. The molecule has 0 saturated heterocycles. The molecule has 0 rings (SSSR count). The summed E-state index contributed by atoms with van der Waals surface area (Å²) in [5.41, 5.74) is 0. The maximum atomic E-state index is 12.1. The van der Waals surface area contributed by atoms with E-state index in [0.717, 1.165) is 25.7 Å². The van der Waals surface area contributed by atoms with Crippen LogP contribution in [0.1, 0.15) is 104 Å². The first-order chi connectivity index (χ1) is 12.8. The first kappa shape index (κ1) is 26.3. The minimum Gasteiger partial charge on any atom is -0.463 e. The van der Waals surface area contributed by atoms with Crippen molar-refractivity contribution < 1.29 is 26.7 Å². The molecule has 27 heavy (non-hydrogen) atoms. The van der Waals surface area contributed by atoms with Crippen LogP contribution in [0.5, 0.6) is 0 Å². The topological polar surface area (TPSA) is 89.9 Å². The molecule has 0 aliphatic carbocycles. The number of ether oxygens (including phenoxy) is 1. The molecule has 1 N–H and O–H groups in total. The SMILES string of the molecule is CCCCCCCCCCC(CC)COC(=O)C(CCCC)OS(=O)(=O)O. The number of hydrogen-bond acceptors (Lipinski definition) is 5. The van der Waals surface area contributed by atoms with Gasteiger partial charge in [-0.3, -0.25) is 4.55 Å². The molecule has 0 amide bonds. The first-order valence-corrected chi connectivity index (χ1v) is 12.0. The Balaban J connectivity index is 4.12. The fourth-order valence-corrected chi connectivity index (χ4v) is 3.48. The zero-order valence-corrected chi connectivity index (χ0v) is 18.3. The van der Waals surface area contributed by atoms with E-state index in [2.05, 4.69) is 18.0 Å². The molecule has 2 atom stereocenters. The smallest absolute Gasteiger partial charge is 0.398 e. The van der Waals surface area contributed by atoms with Crippen LogP contribution >= 0.6 is 0 Å². The van der Waals surface area contributed by atoms with Crippen LogP contribution in [0.15, 0.2) is 0 Å². The Morgan fingerprint density at radius 2 is 1.41 bits per heavy atom. The zero-order chi connectivity index (χ0) is 20.5. The van der Waals surface area contributed by atoms with Crippen molar-refractivity contribution in [3.8, 4) is 0 Å². The summed E-state index contributed by atoms with van der Waals surface area (Å²) in [5.74, 6) is -0.443. The number of carbonyl (C=O) groups excluding carboxylic acids is 1. The predicted molar refractivity (Wildman–Crippen MR) is 108 cm³/mol. The molecule has 0 aliphatic rings. The second kappa shape index (κ2) is 16.3. The predicted octanol–water partition coefficient (Wildman–Crippen LogP) is 5.46. The molecule has 0 aromatic rings. The molecule has 162 valence electrons. The minimum absolute atomic E-state index is 0.212. The van der Waals surface area contributed by atoms with Gasteiger partial charge in [-0.2, -0.15) is 8.42 Å². The van der Waals surface area contributed by atoms with Crippen molar-refractivity contribution >= 4 is 16.4 Å². The van der Waals surface area contributed by atoms with Gasteiger partial charge in [0.05, 0.1) is 6.61 Å². The first-order valence-electron chi connectivity index (χ1n) is 10.7. The lowest BCUT2D eigenvalue weighted by molar-refractivity contribution is -0.154. The quantitative estimate of drug-likeness (QED) is 0.184. The number of carbonyl (C=O) groups is 1. The van der Waals surface area contributed by atoms with Gasteiger partial charge in [0.1, 0.15) is 0 Å². The minimum atomic E-state index is -4.67. The molecular formula is C20H40O6S. The zero-order valence-electron chi connectivity index (χ0n) is 17.5. The lowest BCUT2D eigenvalue weighted by Crippen LogP contribution is -2.30. The molecule has 7 heteroatoms. The Kier molecular flexibility index (Phi) is 15.9. The highest BCUT2D eigenvalue weighted by atomic mass is 32.3. The monoisotopic (exact) mass is 408 g/mol. The summed E-state index contributed by atoms with van der Waals surface area (Å²) < 4.78 is 40.4. The molecular weight excluding hydrogens is 368 g/mol. The summed E-state index contributed by atoms with van der Waals surface area (Å²) in [7, 11) is -4.67. The van der Waals surface area contributed by atoms with Crippen LogP contribution < -0.4 is 0 Å². The van der Waals surface area contributed by atoms with Crippen LogP contribution in [0.2, 0.25) is 0 Å². The summed E-state index contributed by atoms with van der Waals surface area (Å²) >= 11 is 0. The molecule has 2 unspecified atom stereocenters. The fourth-order valence-electron chi connectivity index (χ4n) is 3.01. The molecule has 0 aliphatic heterocycles. The van der Waals surface area contributed by atoms with Gasteiger partial charge in [0.15, 0.2) is 6.10 Å². The fraction of sp³-hybridized carbons (Fsp3) is 0.950. The van der Waals surface area contributed by atoms with Gasteiger partial charge in [-0.15, -0.1) is 0 Å². The van der Waals surface area contributed by atoms with E-state index in [1.165, 1.54) is 44.9 Å². The van der Waals surface area contributed by atoms with Gasteiger partial charge >= 0.3 is 16.4 Å². The van der Waals surface area contributed by atoms with E-state index < -0.39 is 22.5 Å². The normalized spacial score (nSPS) is 14.1. The highest BCUT2D eigenvalue weighted by molar-refractivity contribution is 7.80. The second-order valence-electron chi connectivity index (χ2n) is 7.32. The van der Waals surface area contributed by atoms with Gasteiger partial charge < -0.3 is 4.74 Å². The van der Waals surface area contributed by atoms with E-state index in [1.54, 1.807) is 0 Å². The van der Waals surface area contributed by atoms with Crippen molar-refractivity contribution in [3.63, 3.8) is 0 Å². The van der Waals surface area contributed by atoms with Gasteiger partial charge in [0.2, 0.25) is 0 Å². The number of esters is 1. The summed E-state index contributed by atoms with van der Waals surface area (Å²) in [6, 6.07) is 0. The van der Waals surface area contributed by atoms with E-state index >= 15 is 0 Å². The van der Waals surface area contributed by atoms with Crippen LogP contribution in [-0.4, -0.2) is 31.7 Å².